The molecule has 146 valence electrons. The Kier molecular flexibility index (Phi) is 5.99. The van der Waals surface area contributed by atoms with Crippen LogP contribution in [0.1, 0.15) is 34.6 Å². The molecule has 0 aliphatic heterocycles. The predicted molar refractivity (Wildman–Crippen MR) is 98.7 cm³/mol. The van der Waals surface area contributed by atoms with E-state index in [1.807, 2.05) is 0 Å². The van der Waals surface area contributed by atoms with Crippen LogP contribution in [0, 0.1) is 10.1 Å². The number of carboxylic acid groups (broad SMARTS) is 1. The first-order chi connectivity index (χ1) is 13.0. The summed E-state index contributed by atoms with van der Waals surface area (Å²) in [7, 11) is 0. The SMILES string of the molecule is CC(C)(Oc1ccc(C(=O)NC(=O)c2ccc(Cl)c([N+](=O)[O-])c2)cc1)C(=O)O. The van der Waals surface area contributed by atoms with Crippen molar-refractivity contribution in [2.75, 3.05) is 0 Å². The Labute approximate surface area is 164 Å². The van der Waals surface area contributed by atoms with E-state index in [0.717, 1.165) is 6.07 Å². The zero-order chi connectivity index (χ0) is 21.1. The fourth-order valence-corrected chi connectivity index (χ4v) is 2.24. The van der Waals surface area contributed by atoms with Gasteiger partial charge in [-0.2, -0.15) is 0 Å². The van der Waals surface area contributed by atoms with E-state index in [2.05, 4.69) is 5.32 Å². The number of rotatable bonds is 6. The average Bonchev–Trinajstić information content (AvgIpc) is 2.61. The van der Waals surface area contributed by atoms with E-state index >= 15 is 0 Å². The Balaban J connectivity index is 2.11. The van der Waals surface area contributed by atoms with E-state index in [0.29, 0.717) is 0 Å². The van der Waals surface area contributed by atoms with Crippen molar-refractivity contribution in [3.8, 4) is 5.75 Å². The number of aliphatic carboxylic acids is 1. The van der Waals surface area contributed by atoms with Crippen molar-refractivity contribution in [2.45, 2.75) is 19.4 Å². The van der Waals surface area contributed by atoms with Crippen LogP contribution in [0.3, 0.4) is 0 Å². The summed E-state index contributed by atoms with van der Waals surface area (Å²) in [6, 6.07) is 8.88. The first-order valence-electron chi connectivity index (χ1n) is 7.83. The van der Waals surface area contributed by atoms with E-state index in [9.17, 15) is 24.5 Å². The van der Waals surface area contributed by atoms with Gasteiger partial charge in [-0.3, -0.25) is 25.0 Å². The summed E-state index contributed by atoms with van der Waals surface area (Å²) in [4.78, 5) is 45.6. The lowest BCUT2D eigenvalue weighted by atomic mass is 10.1. The number of hydrogen-bond donors (Lipinski definition) is 2. The summed E-state index contributed by atoms with van der Waals surface area (Å²) in [5.41, 5.74) is -1.91. The van der Waals surface area contributed by atoms with Gasteiger partial charge in [0.05, 0.1) is 4.92 Å². The number of nitro benzene ring substituents is 1. The average molecular weight is 407 g/mol. The van der Waals surface area contributed by atoms with Crippen LogP contribution in [-0.2, 0) is 4.79 Å². The molecule has 0 radical (unpaired) electrons. The van der Waals surface area contributed by atoms with Gasteiger partial charge in [-0.1, -0.05) is 11.6 Å². The molecule has 9 nitrogen and oxygen atoms in total. The van der Waals surface area contributed by atoms with Crippen molar-refractivity contribution in [2.24, 2.45) is 0 Å². The number of ether oxygens (including phenoxy) is 1. The molecule has 2 aromatic rings. The maximum atomic E-state index is 12.2. The van der Waals surface area contributed by atoms with Gasteiger partial charge in [0, 0.05) is 17.2 Å². The third-order valence-electron chi connectivity index (χ3n) is 3.64. The Morgan fingerprint density at radius 3 is 2.14 bits per heavy atom. The molecular weight excluding hydrogens is 392 g/mol. The highest BCUT2D eigenvalue weighted by Gasteiger charge is 2.29. The summed E-state index contributed by atoms with van der Waals surface area (Å²) in [5.74, 6) is -2.51. The molecule has 0 spiro atoms. The Morgan fingerprint density at radius 2 is 1.61 bits per heavy atom. The number of amides is 2. The number of nitrogens with zero attached hydrogens (tertiary/aromatic N) is 1. The van der Waals surface area contributed by atoms with Crippen LogP contribution >= 0.6 is 11.6 Å². The fourth-order valence-electron chi connectivity index (χ4n) is 2.05. The number of carbonyl (C=O) groups excluding carboxylic acids is 2. The van der Waals surface area contributed by atoms with Gasteiger partial charge in [-0.25, -0.2) is 4.79 Å². The molecule has 28 heavy (non-hydrogen) atoms. The number of benzene rings is 2. The van der Waals surface area contributed by atoms with E-state index in [1.165, 1.54) is 50.2 Å². The first-order valence-corrected chi connectivity index (χ1v) is 8.21. The quantitative estimate of drug-likeness (QED) is 0.427. The number of hydrogen-bond acceptors (Lipinski definition) is 6. The molecule has 0 bridgehead atoms. The van der Waals surface area contributed by atoms with Gasteiger partial charge in [0.25, 0.3) is 17.5 Å². The molecule has 0 saturated carbocycles. The van der Waals surface area contributed by atoms with Crippen molar-refractivity contribution in [1.29, 1.82) is 0 Å². The summed E-state index contributed by atoms with van der Waals surface area (Å²) in [6.45, 7) is 2.75. The van der Waals surface area contributed by atoms with Gasteiger partial charge >= 0.3 is 5.97 Å². The normalized spacial score (nSPS) is 10.8. The lowest BCUT2D eigenvalue weighted by molar-refractivity contribution is -0.384. The predicted octanol–water partition coefficient (Wildman–Crippen LogP) is 3.06. The van der Waals surface area contributed by atoms with E-state index in [4.69, 9.17) is 21.4 Å². The van der Waals surface area contributed by atoms with Gasteiger partial charge in [0.15, 0.2) is 5.60 Å². The second-order valence-electron chi connectivity index (χ2n) is 6.15. The zero-order valence-electron chi connectivity index (χ0n) is 14.8. The third kappa shape index (κ3) is 4.83. The van der Waals surface area contributed by atoms with Crippen molar-refractivity contribution in [3.63, 3.8) is 0 Å². The van der Waals surface area contributed by atoms with Crippen molar-refractivity contribution in [1.82, 2.24) is 5.32 Å². The molecule has 2 aromatic carbocycles. The smallest absolute Gasteiger partial charge is 0.347 e. The second-order valence-corrected chi connectivity index (χ2v) is 6.56. The van der Waals surface area contributed by atoms with Crippen molar-refractivity contribution in [3.05, 3.63) is 68.7 Å². The molecule has 2 N–H and O–H groups in total. The summed E-state index contributed by atoms with van der Waals surface area (Å²) >= 11 is 5.69. The minimum absolute atomic E-state index is 0.104. The molecule has 10 heteroatoms. The number of nitro groups is 1. The molecule has 0 saturated heterocycles. The Bertz CT molecular complexity index is 955. The van der Waals surface area contributed by atoms with Gasteiger partial charge in [0.1, 0.15) is 10.8 Å². The fraction of sp³-hybridized carbons (Fsp3) is 0.167. The summed E-state index contributed by atoms with van der Waals surface area (Å²) in [6.07, 6.45) is 0. The van der Waals surface area contributed by atoms with Crippen molar-refractivity contribution >= 4 is 35.1 Å². The largest absolute Gasteiger partial charge is 0.478 e. The lowest BCUT2D eigenvalue weighted by Gasteiger charge is -2.21. The first kappa shape index (κ1) is 20.8. The summed E-state index contributed by atoms with van der Waals surface area (Å²) < 4.78 is 5.32. The van der Waals surface area contributed by atoms with E-state index in [1.54, 1.807) is 0 Å². The number of halogens is 1. The monoisotopic (exact) mass is 406 g/mol. The molecule has 0 unspecified atom stereocenters. The van der Waals surface area contributed by atoms with Gasteiger partial charge < -0.3 is 9.84 Å². The zero-order valence-corrected chi connectivity index (χ0v) is 15.5. The molecule has 0 aliphatic carbocycles. The highest BCUT2D eigenvalue weighted by molar-refractivity contribution is 6.32. The highest BCUT2D eigenvalue weighted by atomic mass is 35.5. The minimum Gasteiger partial charge on any atom is -0.478 e. The molecule has 2 rings (SSSR count). The third-order valence-corrected chi connectivity index (χ3v) is 3.96. The van der Waals surface area contributed by atoms with Gasteiger partial charge in [-0.15, -0.1) is 0 Å². The Hall–Kier alpha value is -3.46. The molecule has 2 amide bonds. The maximum Gasteiger partial charge on any atom is 0.347 e. The molecular formula is C18H15ClN2O7. The number of imide groups is 1. The lowest BCUT2D eigenvalue weighted by Crippen LogP contribution is -2.37. The van der Waals surface area contributed by atoms with Crippen LogP contribution in [-0.4, -0.2) is 33.4 Å². The summed E-state index contributed by atoms with van der Waals surface area (Å²) in [5, 5.41) is 21.9. The van der Waals surface area contributed by atoms with E-state index < -0.39 is 34.0 Å². The van der Waals surface area contributed by atoms with Crippen LogP contribution in [0.2, 0.25) is 5.02 Å². The van der Waals surface area contributed by atoms with Gasteiger partial charge in [-0.05, 0) is 50.2 Å². The minimum atomic E-state index is -1.46. The van der Waals surface area contributed by atoms with Gasteiger partial charge in [0.2, 0.25) is 0 Å². The number of carboxylic acids is 1. The Morgan fingerprint density at radius 1 is 1.07 bits per heavy atom. The van der Waals surface area contributed by atoms with Crippen molar-refractivity contribution < 1.29 is 29.2 Å². The molecule has 0 atom stereocenters. The molecule has 0 fully saturated rings. The number of nitrogens with one attached hydrogen (secondary N) is 1. The molecule has 0 aromatic heterocycles. The van der Waals surface area contributed by atoms with Crippen LogP contribution in [0.15, 0.2) is 42.5 Å². The van der Waals surface area contributed by atoms with Crippen LogP contribution in [0.4, 0.5) is 5.69 Å². The standard InChI is InChI=1S/C18H15ClN2O7/c1-18(2,17(24)25)28-12-6-3-10(4-7-12)15(22)20-16(23)11-5-8-13(19)14(9-11)21(26)27/h3-9H,1-2H3,(H,24,25)(H,20,22,23). The molecule has 0 aliphatic rings. The van der Waals surface area contributed by atoms with Crippen LogP contribution in [0.5, 0.6) is 5.75 Å². The maximum absolute atomic E-state index is 12.2. The van der Waals surface area contributed by atoms with Crippen LogP contribution < -0.4 is 10.1 Å². The highest BCUT2D eigenvalue weighted by Crippen LogP contribution is 2.25. The van der Waals surface area contributed by atoms with E-state index in [-0.39, 0.29) is 21.9 Å². The molecule has 0 heterocycles. The number of carbonyl (C=O) groups is 3. The topological polar surface area (TPSA) is 136 Å². The van der Waals surface area contributed by atoms with Crippen LogP contribution in [0.25, 0.3) is 0 Å². The second kappa shape index (κ2) is 8.05.